The summed E-state index contributed by atoms with van der Waals surface area (Å²) in [5.41, 5.74) is 2.84. The zero-order valence-electron chi connectivity index (χ0n) is 14.0. The monoisotopic (exact) mass is 323 g/mol. The Balaban J connectivity index is 2.29. The highest BCUT2D eigenvalue weighted by molar-refractivity contribution is 5.97. The Morgan fingerprint density at radius 3 is 2.54 bits per heavy atom. The Bertz CT molecular complexity index is 775. The van der Waals surface area contributed by atoms with Crippen molar-refractivity contribution in [1.82, 2.24) is 0 Å². The maximum Gasteiger partial charge on any atom is 0.163 e. The van der Waals surface area contributed by atoms with Crippen molar-refractivity contribution >= 4 is 5.78 Å². The summed E-state index contributed by atoms with van der Waals surface area (Å²) in [6.45, 7) is 3.75. The first-order valence-electron chi connectivity index (χ1n) is 8.00. The number of hydrogen-bond acceptors (Lipinski definition) is 4. The predicted molar refractivity (Wildman–Crippen MR) is 92.2 cm³/mol. The molecule has 0 aromatic heterocycles. The highest BCUT2D eigenvalue weighted by atomic mass is 16.5. The molecule has 0 unspecified atom stereocenters. The number of aromatic hydroxyl groups is 1. The third-order valence-corrected chi connectivity index (χ3v) is 3.89. The SMILES string of the molecule is CCCc1c(OCc2ccccc2CC#N)ccc(C(C)=O)c1O. The number of Topliss-reactive ketones (excluding diaryl/α,β-unsaturated/α-hetero) is 1. The van der Waals surface area contributed by atoms with Crippen molar-refractivity contribution in [3.8, 4) is 17.6 Å². The molecule has 0 bridgehead atoms. The topological polar surface area (TPSA) is 70.3 Å². The van der Waals surface area contributed by atoms with E-state index in [4.69, 9.17) is 10.00 Å². The number of nitrogens with zero attached hydrogens (tertiary/aromatic N) is 1. The summed E-state index contributed by atoms with van der Waals surface area (Å²) in [5.74, 6) is 0.411. The number of ether oxygens (including phenoxy) is 1. The minimum absolute atomic E-state index is 0.00663. The van der Waals surface area contributed by atoms with Crippen LogP contribution in [0.4, 0.5) is 0 Å². The summed E-state index contributed by atoms with van der Waals surface area (Å²) in [6.07, 6.45) is 1.79. The van der Waals surface area contributed by atoms with E-state index in [1.54, 1.807) is 12.1 Å². The van der Waals surface area contributed by atoms with Gasteiger partial charge in [0.2, 0.25) is 0 Å². The molecule has 0 saturated carbocycles. The summed E-state index contributed by atoms with van der Waals surface area (Å²) in [7, 11) is 0. The molecule has 0 saturated heterocycles. The van der Waals surface area contributed by atoms with Gasteiger partial charge in [0, 0.05) is 5.56 Å². The van der Waals surface area contributed by atoms with Crippen LogP contribution in [0.2, 0.25) is 0 Å². The van der Waals surface area contributed by atoms with Crippen LogP contribution >= 0.6 is 0 Å². The van der Waals surface area contributed by atoms with Gasteiger partial charge in [0.15, 0.2) is 5.78 Å². The van der Waals surface area contributed by atoms with E-state index in [2.05, 4.69) is 6.07 Å². The highest BCUT2D eigenvalue weighted by Crippen LogP contribution is 2.33. The van der Waals surface area contributed by atoms with E-state index in [0.717, 1.165) is 17.5 Å². The van der Waals surface area contributed by atoms with Crippen LogP contribution in [0.5, 0.6) is 11.5 Å². The Morgan fingerprint density at radius 1 is 1.21 bits per heavy atom. The number of hydrogen-bond donors (Lipinski definition) is 1. The molecule has 124 valence electrons. The molecule has 2 aromatic rings. The highest BCUT2D eigenvalue weighted by Gasteiger charge is 2.16. The first-order valence-corrected chi connectivity index (χ1v) is 8.00. The van der Waals surface area contributed by atoms with E-state index in [1.165, 1.54) is 6.92 Å². The van der Waals surface area contributed by atoms with Crippen molar-refractivity contribution in [1.29, 1.82) is 5.26 Å². The van der Waals surface area contributed by atoms with Crippen LogP contribution < -0.4 is 4.74 Å². The van der Waals surface area contributed by atoms with Crippen molar-refractivity contribution < 1.29 is 14.6 Å². The fourth-order valence-electron chi connectivity index (χ4n) is 2.64. The number of ketones is 1. The Kier molecular flexibility index (Phi) is 5.97. The molecule has 2 aromatic carbocycles. The number of benzene rings is 2. The fraction of sp³-hybridized carbons (Fsp3) is 0.300. The van der Waals surface area contributed by atoms with Crippen molar-refractivity contribution in [2.45, 2.75) is 39.7 Å². The molecule has 0 heterocycles. The Labute approximate surface area is 142 Å². The normalized spacial score (nSPS) is 10.2. The molecule has 0 atom stereocenters. The van der Waals surface area contributed by atoms with Gasteiger partial charge in [0.05, 0.1) is 18.1 Å². The molecule has 0 aliphatic rings. The third kappa shape index (κ3) is 3.94. The van der Waals surface area contributed by atoms with Crippen molar-refractivity contribution in [3.05, 3.63) is 58.7 Å². The first-order chi connectivity index (χ1) is 11.6. The maximum absolute atomic E-state index is 11.6. The van der Waals surface area contributed by atoms with Gasteiger partial charge in [-0.3, -0.25) is 4.79 Å². The predicted octanol–water partition coefficient (Wildman–Crippen LogP) is 4.19. The number of phenolic OH excluding ortho intramolecular Hbond substituents is 1. The number of phenols is 1. The quantitative estimate of drug-likeness (QED) is 0.776. The van der Waals surface area contributed by atoms with Crippen LogP contribution in [0.1, 0.15) is 47.3 Å². The molecule has 2 rings (SSSR count). The molecule has 0 fully saturated rings. The Hall–Kier alpha value is -2.80. The van der Waals surface area contributed by atoms with Gasteiger partial charge >= 0.3 is 0 Å². The molecule has 0 aliphatic carbocycles. The minimum Gasteiger partial charge on any atom is -0.507 e. The molecule has 4 nitrogen and oxygen atoms in total. The molecule has 0 amide bonds. The molecular formula is C20H21NO3. The molecule has 4 heteroatoms. The number of rotatable bonds is 7. The second-order valence-corrected chi connectivity index (χ2v) is 5.64. The van der Waals surface area contributed by atoms with Gasteiger partial charge in [-0.1, -0.05) is 37.6 Å². The van der Waals surface area contributed by atoms with Gasteiger partial charge in [-0.25, -0.2) is 0 Å². The summed E-state index contributed by atoms with van der Waals surface area (Å²) in [5, 5.41) is 19.3. The van der Waals surface area contributed by atoms with E-state index in [9.17, 15) is 9.90 Å². The van der Waals surface area contributed by atoms with Gasteiger partial charge in [0.25, 0.3) is 0 Å². The number of carbonyl (C=O) groups is 1. The average molecular weight is 323 g/mol. The summed E-state index contributed by atoms with van der Waals surface area (Å²) < 4.78 is 5.90. The molecule has 0 aliphatic heterocycles. The molecular weight excluding hydrogens is 302 g/mol. The standard InChI is InChI=1S/C20H21NO3/c1-3-6-18-19(10-9-17(14(2)22)20(18)23)24-13-16-8-5-4-7-15(16)11-12-21/h4-5,7-10,23H,3,6,11,13H2,1-2H3. The summed E-state index contributed by atoms with van der Waals surface area (Å²) in [6, 6.07) is 13.1. The third-order valence-electron chi connectivity index (χ3n) is 3.89. The number of nitriles is 1. The average Bonchev–Trinajstić information content (AvgIpc) is 2.56. The van der Waals surface area contributed by atoms with Gasteiger partial charge in [-0.05, 0) is 36.6 Å². The second-order valence-electron chi connectivity index (χ2n) is 5.64. The lowest BCUT2D eigenvalue weighted by Crippen LogP contribution is -2.04. The van der Waals surface area contributed by atoms with E-state index in [-0.39, 0.29) is 11.5 Å². The van der Waals surface area contributed by atoms with Gasteiger partial charge in [-0.15, -0.1) is 0 Å². The zero-order valence-corrected chi connectivity index (χ0v) is 14.0. The fourth-order valence-corrected chi connectivity index (χ4v) is 2.64. The zero-order chi connectivity index (χ0) is 17.5. The van der Waals surface area contributed by atoms with Crippen LogP contribution in [-0.2, 0) is 19.4 Å². The molecule has 24 heavy (non-hydrogen) atoms. The number of carbonyl (C=O) groups excluding carboxylic acids is 1. The van der Waals surface area contributed by atoms with Gasteiger partial charge < -0.3 is 9.84 Å². The van der Waals surface area contributed by atoms with Crippen molar-refractivity contribution in [3.63, 3.8) is 0 Å². The van der Waals surface area contributed by atoms with Crippen LogP contribution in [0.3, 0.4) is 0 Å². The van der Waals surface area contributed by atoms with E-state index in [0.29, 0.717) is 36.3 Å². The Morgan fingerprint density at radius 2 is 1.92 bits per heavy atom. The van der Waals surface area contributed by atoms with Crippen LogP contribution in [0, 0.1) is 11.3 Å². The lowest BCUT2D eigenvalue weighted by Gasteiger charge is -2.15. The lowest BCUT2D eigenvalue weighted by molar-refractivity contribution is 0.101. The molecule has 1 N–H and O–H groups in total. The second kappa shape index (κ2) is 8.16. The van der Waals surface area contributed by atoms with E-state index < -0.39 is 0 Å². The molecule has 0 radical (unpaired) electrons. The van der Waals surface area contributed by atoms with Gasteiger partial charge in [0.1, 0.15) is 18.1 Å². The lowest BCUT2D eigenvalue weighted by atomic mass is 10.0. The van der Waals surface area contributed by atoms with E-state index >= 15 is 0 Å². The van der Waals surface area contributed by atoms with Crippen LogP contribution in [0.15, 0.2) is 36.4 Å². The van der Waals surface area contributed by atoms with Crippen molar-refractivity contribution in [2.24, 2.45) is 0 Å². The first kappa shape index (κ1) is 17.6. The largest absolute Gasteiger partial charge is 0.507 e. The minimum atomic E-state index is -0.171. The summed E-state index contributed by atoms with van der Waals surface area (Å²) >= 11 is 0. The molecule has 0 spiro atoms. The van der Waals surface area contributed by atoms with E-state index in [1.807, 2.05) is 31.2 Å². The van der Waals surface area contributed by atoms with Crippen molar-refractivity contribution in [2.75, 3.05) is 0 Å². The maximum atomic E-state index is 11.6. The van der Waals surface area contributed by atoms with Crippen LogP contribution in [0.25, 0.3) is 0 Å². The summed E-state index contributed by atoms with van der Waals surface area (Å²) in [4.78, 5) is 11.6. The smallest absolute Gasteiger partial charge is 0.163 e. The van der Waals surface area contributed by atoms with Crippen LogP contribution in [-0.4, -0.2) is 10.9 Å². The van der Waals surface area contributed by atoms with Gasteiger partial charge in [-0.2, -0.15) is 5.26 Å².